The number of rotatable bonds is 10. The molecule has 2 N–H and O–H groups in total. The molecule has 0 unspecified atom stereocenters. The highest BCUT2D eigenvalue weighted by atomic mass is 32.2. The van der Waals surface area contributed by atoms with Gasteiger partial charge < -0.3 is 19.5 Å². The molecule has 0 fully saturated rings. The number of methoxy groups -OCH3 is 2. The average molecular weight is 471 g/mol. The number of aromatic amines is 1. The summed E-state index contributed by atoms with van der Waals surface area (Å²) in [5.41, 5.74) is 0.0411. The molecule has 0 aliphatic heterocycles. The molecule has 1 aromatic carbocycles. The smallest absolute Gasteiger partial charge is 0.264 e. The molecule has 0 saturated heterocycles. The molecule has 32 heavy (non-hydrogen) atoms. The molecule has 0 bridgehead atoms. The Bertz CT molecular complexity index is 1160. The standard InChI is InChI=1S/C18H19F2N5O6S/c1-28-13-5-14(29-2)17(20)12(16(13)19)9-30-11-6-21-18(22-7-11)23-15-4-10(24-25-15)8-31-32(3,26)27/h4-7H,8-9H2,1-3H3,(H2,21,22,23,24,25). The number of hydrogen-bond donors (Lipinski definition) is 2. The van der Waals surface area contributed by atoms with Crippen molar-refractivity contribution in [1.29, 1.82) is 0 Å². The fourth-order valence-electron chi connectivity index (χ4n) is 2.46. The Morgan fingerprint density at radius 1 is 1.03 bits per heavy atom. The molecule has 3 rings (SSSR count). The molecular weight excluding hydrogens is 452 g/mol. The number of nitrogens with one attached hydrogen (secondary N) is 2. The summed E-state index contributed by atoms with van der Waals surface area (Å²) in [6.07, 6.45) is 3.53. The van der Waals surface area contributed by atoms with Gasteiger partial charge in [-0.2, -0.15) is 13.5 Å². The van der Waals surface area contributed by atoms with Crippen LogP contribution in [-0.4, -0.2) is 49.1 Å². The Morgan fingerprint density at radius 3 is 2.22 bits per heavy atom. The fourth-order valence-corrected chi connectivity index (χ4v) is 2.80. The van der Waals surface area contributed by atoms with E-state index in [2.05, 4.69) is 29.7 Å². The van der Waals surface area contributed by atoms with Crippen molar-refractivity contribution in [3.8, 4) is 17.2 Å². The third kappa shape index (κ3) is 5.79. The lowest BCUT2D eigenvalue weighted by atomic mass is 10.1. The maximum atomic E-state index is 14.4. The van der Waals surface area contributed by atoms with Crippen molar-refractivity contribution >= 4 is 21.9 Å². The van der Waals surface area contributed by atoms with Gasteiger partial charge in [-0.25, -0.2) is 18.7 Å². The van der Waals surface area contributed by atoms with E-state index in [-0.39, 0.29) is 35.4 Å². The number of benzene rings is 1. The third-order valence-electron chi connectivity index (χ3n) is 3.98. The summed E-state index contributed by atoms with van der Waals surface area (Å²) in [7, 11) is -1.08. The monoisotopic (exact) mass is 471 g/mol. The number of halogens is 2. The van der Waals surface area contributed by atoms with E-state index in [9.17, 15) is 17.2 Å². The number of anilines is 2. The van der Waals surface area contributed by atoms with Crippen molar-refractivity contribution in [2.75, 3.05) is 25.8 Å². The summed E-state index contributed by atoms with van der Waals surface area (Å²) in [5.74, 6) is -1.55. The predicted molar refractivity (Wildman–Crippen MR) is 107 cm³/mol. The van der Waals surface area contributed by atoms with Crippen LogP contribution < -0.4 is 19.5 Å². The Hall–Kier alpha value is -3.52. The van der Waals surface area contributed by atoms with Crippen molar-refractivity contribution in [1.82, 2.24) is 20.2 Å². The van der Waals surface area contributed by atoms with E-state index in [0.717, 1.165) is 12.3 Å². The molecule has 0 amide bonds. The molecule has 0 radical (unpaired) electrons. The van der Waals surface area contributed by atoms with E-state index in [1.165, 1.54) is 32.7 Å². The second-order valence-corrected chi connectivity index (χ2v) is 7.93. The van der Waals surface area contributed by atoms with Crippen molar-refractivity contribution in [3.63, 3.8) is 0 Å². The van der Waals surface area contributed by atoms with Gasteiger partial charge in [0.1, 0.15) is 13.2 Å². The van der Waals surface area contributed by atoms with Crippen LogP contribution in [0.3, 0.4) is 0 Å². The van der Waals surface area contributed by atoms with E-state index in [4.69, 9.17) is 14.2 Å². The van der Waals surface area contributed by atoms with Crippen LogP contribution >= 0.6 is 0 Å². The van der Waals surface area contributed by atoms with Gasteiger partial charge in [0.15, 0.2) is 34.7 Å². The SMILES string of the molecule is COc1cc(OC)c(F)c(COc2cnc(Nc3cc(COS(C)(=O)=O)[nH]n3)nc2)c1F. The Morgan fingerprint density at radius 2 is 1.66 bits per heavy atom. The molecule has 2 aromatic heterocycles. The maximum Gasteiger partial charge on any atom is 0.264 e. The van der Waals surface area contributed by atoms with Gasteiger partial charge in [0.25, 0.3) is 10.1 Å². The highest BCUT2D eigenvalue weighted by molar-refractivity contribution is 7.85. The zero-order valence-electron chi connectivity index (χ0n) is 17.2. The number of H-pyrrole nitrogens is 1. The van der Waals surface area contributed by atoms with Crippen molar-refractivity contribution in [2.45, 2.75) is 13.2 Å². The number of ether oxygens (including phenoxy) is 3. The first-order valence-electron chi connectivity index (χ1n) is 8.89. The summed E-state index contributed by atoms with van der Waals surface area (Å²) in [6.45, 7) is -0.659. The minimum atomic E-state index is -3.58. The molecule has 2 heterocycles. The number of hydrogen-bond acceptors (Lipinski definition) is 10. The predicted octanol–water partition coefficient (Wildman–Crippen LogP) is 2.29. The first-order chi connectivity index (χ1) is 15.2. The molecule has 172 valence electrons. The quantitative estimate of drug-likeness (QED) is 0.424. The van der Waals surface area contributed by atoms with Gasteiger partial charge in [-0.05, 0) is 0 Å². The minimum Gasteiger partial charge on any atom is -0.494 e. The first-order valence-corrected chi connectivity index (χ1v) is 10.7. The van der Waals surface area contributed by atoms with Crippen molar-refractivity contribution in [2.24, 2.45) is 0 Å². The van der Waals surface area contributed by atoms with Crippen LogP contribution in [0.15, 0.2) is 24.5 Å². The molecule has 0 aliphatic rings. The van der Waals surface area contributed by atoms with Crippen LogP contribution in [0.1, 0.15) is 11.3 Å². The second kappa shape index (κ2) is 9.74. The van der Waals surface area contributed by atoms with Gasteiger partial charge in [-0.3, -0.25) is 9.28 Å². The van der Waals surface area contributed by atoms with E-state index >= 15 is 0 Å². The van der Waals surface area contributed by atoms with Gasteiger partial charge in [0.2, 0.25) is 5.95 Å². The highest BCUT2D eigenvalue weighted by Crippen LogP contribution is 2.32. The molecule has 3 aromatic rings. The molecule has 0 aliphatic carbocycles. The van der Waals surface area contributed by atoms with Crippen molar-refractivity contribution in [3.05, 3.63) is 47.4 Å². The molecule has 11 nitrogen and oxygen atoms in total. The second-order valence-electron chi connectivity index (χ2n) is 6.29. The lowest BCUT2D eigenvalue weighted by molar-refractivity contribution is 0.280. The van der Waals surface area contributed by atoms with Crippen LogP contribution in [0, 0.1) is 11.6 Å². The summed E-state index contributed by atoms with van der Waals surface area (Å²) in [4.78, 5) is 8.06. The van der Waals surface area contributed by atoms with Crippen LogP contribution in [0.2, 0.25) is 0 Å². The lowest BCUT2D eigenvalue weighted by Crippen LogP contribution is -2.06. The van der Waals surface area contributed by atoms with Crippen molar-refractivity contribution < 1.29 is 35.6 Å². The Balaban J connectivity index is 1.63. The van der Waals surface area contributed by atoms with Crippen LogP contribution in [0.5, 0.6) is 17.2 Å². The number of nitrogens with zero attached hydrogens (tertiary/aromatic N) is 3. The zero-order chi connectivity index (χ0) is 23.3. The largest absolute Gasteiger partial charge is 0.494 e. The summed E-state index contributed by atoms with van der Waals surface area (Å²) < 4.78 is 70.6. The highest BCUT2D eigenvalue weighted by Gasteiger charge is 2.20. The Kier molecular flexibility index (Phi) is 7.05. The van der Waals surface area contributed by atoms with Gasteiger partial charge in [0.05, 0.1) is 44.1 Å². The van der Waals surface area contributed by atoms with Crippen LogP contribution in [-0.2, 0) is 27.5 Å². The maximum absolute atomic E-state index is 14.4. The van der Waals surface area contributed by atoms with E-state index in [1.807, 2.05) is 0 Å². The van der Waals surface area contributed by atoms with Gasteiger partial charge in [-0.15, -0.1) is 0 Å². The molecule has 0 spiro atoms. The normalized spacial score (nSPS) is 11.3. The van der Waals surface area contributed by atoms with Gasteiger partial charge in [-0.1, -0.05) is 0 Å². The van der Waals surface area contributed by atoms with Crippen LogP contribution in [0.4, 0.5) is 20.5 Å². The fraction of sp³-hybridized carbons (Fsp3) is 0.278. The summed E-state index contributed by atoms with van der Waals surface area (Å²) in [6, 6.07) is 2.62. The van der Waals surface area contributed by atoms with Gasteiger partial charge >= 0.3 is 0 Å². The average Bonchev–Trinajstić information content (AvgIpc) is 3.20. The summed E-state index contributed by atoms with van der Waals surface area (Å²) in [5, 5.41) is 9.33. The molecule has 0 saturated carbocycles. The van der Waals surface area contributed by atoms with E-state index in [0.29, 0.717) is 11.5 Å². The van der Waals surface area contributed by atoms with E-state index in [1.54, 1.807) is 0 Å². The first kappa shape index (κ1) is 23.1. The Labute approximate surface area is 181 Å². The molecule has 0 atom stereocenters. The molecular formula is C18H19F2N5O6S. The third-order valence-corrected chi connectivity index (χ3v) is 4.52. The summed E-state index contributed by atoms with van der Waals surface area (Å²) >= 11 is 0. The minimum absolute atomic E-state index is 0.153. The molecule has 14 heteroatoms. The van der Waals surface area contributed by atoms with Gasteiger partial charge in [0, 0.05) is 12.1 Å². The number of aromatic nitrogens is 4. The lowest BCUT2D eigenvalue weighted by Gasteiger charge is -2.13. The van der Waals surface area contributed by atoms with E-state index < -0.39 is 28.4 Å². The van der Waals surface area contributed by atoms with Crippen LogP contribution in [0.25, 0.3) is 0 Å². The topological polar surface area (TPSA) is 138 Å². The zero-order valence-corrected chi connectivity index (χ0v) is 18.0.